The molecule has 1 N–H and O–H groups in total. The standard InChI is InChI=1S/C18H18N2O3/c1-12-10-13-6-3-4-9-16(13)20(12)18(22)19-15-8-5-7-14(11-15)17(21)23-2/h3-9,11-12H,10H2,1-2H3,(H,19,22). The lowest BCUT2D eigenvalue weighted by molar-refractivity contribution is 0.0600. The fourth-order valence-electron chi connectivity index (χ4n) is 2.90. The number of carbonyl (C=O) groups excluding carboxylic acids is 2. The van der Waals surface area contributed by atoms with Crippen molar-refractivity contribution in [3.05, 3.63) is 59.7 Å². The average molecular weight is 310 g/mol. The predicted octanol–water partition coefficient (Wildman–Crippen LogP) is 3.46. The number of hydrogen-bond donors (Lipinski definition) is 1. The van der Waals surface area contributed by atoms with Gasteiger partial charge in [0.1, 0.15) is 0 Å². The number of benzene rings is 2. The Kier molecular flexibility index (Phi) is 4.02. The van der Waals surface area contributed by atoms with Crippen molar-refractivity contribution in [1.82, 2.24) is 0 Å². The molecule has 5 nitrogen and oxygen atoms in total. The first-order valence-electron chi connectivity index (χ1n) is 7.46. The molecule has 1 unspecified atom stereocenters. The Morgan fingerprint density at radius 2 is 1.96 bits per heavy atom. The summed E-state index contributed by atoms with van der Waals surface area (Å²) in [5, 5.41) is 2.85. The molecule has 1 aliphatic heterocycles. The van der Waals surface area contributed by atoms with E-state index in [0.29, 0.717) is 11.3 Å². The molecule has 0 fully saturated rings. The number of urea groups is 1. The summed E-state index contributed by atoms with van der Waals surface area (Å²) in [5.41, 5.74) is 3.06. The minimum atomic E-state index is -0.430. The van der Waals surface area contributed by atoms with Crippen molar-refractivity contribution in [3.8, 4) is 0 Å². The molecule has 1 aliphatic rings. The normalized spacial score (nSPS) is 15.9. The van der Waals surface area contributed by atoms with Crippen molar-refractivity contribution in [2.24, 2.45) is 0 Å². The van der Waals surface area contributed by atoms with Crippen LogP contribution in [-0.4, -0.2) is 25.2 Å². The SMILES string of the molecule is COC(=O)c1cccc(NC(=O)N2c3ccccc3CC2C)c1. The van der Waals surface area contributed by atoms with Gasteiger partial charge in [-0.3, -0.25) is 4.90 Å². The number of methoxy groups -OCH3 is 1. The molecule has 0 saturated carbocycles. The fourth-order valence-corrected chi connectivity index (χ4v) is 2.90. The van der Waals surface area contributed by atoms with Gasteiger partial charge in [0, 0.05) is 17.4 Å². The highest BCUT2D eigenvalue weighted by atomic mass is 16.5. The number of ether oxygens (including phenoxy) is 1. The van der Waals surface area contributed by atoms with Crippen LogP contribution in [0.2, 0.25) is 0 Å². The molecule has 0 saturated heterocycles. The van der Waals surface area contributed by atoms with Crippen LogP contribution in [0.3, 0.4) is 0 Å². The van der Waals surface area contributed by atoms with Gasteiger partial charge in [0.2, 0.25) is 0 Å². The van der Waals surface area contributed by atoms with Crippen molar-refractivity contribution >= 4 is 23.4 Å². The van der Waals surface area contributed by atoms with Gasteiger partial charge in [-0.05, 0) is 43.2 Å². The van der Waals surface area contributed by atoms with Crippen molar-refractivity contribution in [1.29, 1.82) is 0 Å². The number of rotatable bonds is 2. The highest BCUT2D eigenvalue weighted by molar-refractivity contribution is 6.04. The number of nitrogens with one attached hydrogen (secondary N) is 1. The van der Waals surface area contributed by atoms with E-state index in [4.69, 9.17) is 4.74 Å². The van der Waals surface area contributed by atoms with E-state index in [2.05, 4.69) is 5.32 Å². The van der Waals surface area contributed by atoms with E-state index < -0.39 is 5.97 Å². The van der Waals surface area contributed by atoms with Crippen molar-refractivity contribution in [3.63, 3.8) is 0 Å². The highest BCUT2D eigenvalue weighted by Crippen LogP contribution is 2.32. The number of fused-ring (bicyclic) bond motifs is 1. The summed E-state index contributed by atoms with van der Waals surface area (Å²) >= 11 is 0. The smallest absolute Gasteiger partial charge is 0.337 e. The summed E-state index contributed by atoms with van der Waals surface area (Å²) < 4.78 is 4.70. The van der Waals surface area contributed by atoms with Gasteiger partial charge < -0.3 is 10.1 Å². The Morgan fingerprint density at radius 3 is 2.74 bits per heavy atom. The molecule has 23 heavy (non-hydrogen) atoms. The second-order valence-corrected chi connectivity index (χ2v) is 5.55. The first-order valence-corrected chi connectivity index (χ1v) is 7.46. The molecular formula is C18H18N2O3. The second kappa shape index (κ2) is 6.12. The molecule has 0 aromatic heterocycles. The van der Waals surface area contributed by atoms with Crippen LogP contribution in [0.25, 0.3) is 0 Å². The van der Waals surface area contributed by atoms with Gasteiger partial charge in [-0.15, -0.1) is 0 Å². The summed E-state index contributed by atoms with van der Waals surface area (Å²) in [6.45, 7) is 2.02. The van der Waals surface area contributed by atoms with E-state index >= 15 is 0 Å². The Balaban J connectivity index is 1.81. The molecule has 118 valence electrons. The lowest BCUT2D eigenvalue weighted by Crippen LogP contribution is -2.39. The zero-order chi connectivity index (χ0) is 16.4. The number of esters is 1. The maximum atomic E-state index is 12.6. The molecule has 0 spiro atoms. The van der Waals surface area contributed by atoms with Crippen LogP contribution in [0.15, 0.2) is 48.5 Å². The maximum absolute atomic E-state index is 12.6. The largest absolute Gasteiger partial charge is 0.465 e. The molecule has 0 aliphatic carbocycles. The lowest BCUT2D eigenvalue weighted by atomic mass is 10.1. The molecule has 1 atom stereocenters. The number of hydrogen-bond acceptors (Lipinski definition) is 3. The molecule has 5 heteroatoms. The molecule has 0 radical (unpaired) electrons. The summed E-state index contributed by atoms with van der Waals surface area (Å²) in [6, 6.07) is 14.5. The van der Waals surface area contributed by atoms with E-state index in [1.165, 1.54) is 12.7 Å². The average Bonchev–Trinajstić information content (AvgIpc) is 2.90. The molecule has 3 rings (SSSR count). The van der Waals surface area contributed by atoms with Crippen molar-refractivity contribution in [2.75, 3.05) is 17.3 Å². The number of anilines is 2. The van der Waals surface area contributed by atoms with Crippen LogP contribution in [-0.2, 0) is 11.2 Å². The second-order valence-electron chi connectivity index (χ2n) is 5.55. The summed E-state index contributed by atoms with van der Waals surface area (Å²) in [5.74, 6) is -0.430. The van der Waals surface area contributed by atoms with Crippen LogP contribution in [0.1, 0.15) is 22.8 Å². The third kappa shape index (κ3) is 2.90. The Morgan fingerprint density at radius 1 is 1.17 bits per heavy atom. The molecule has 2 aromatic carbocycles. The first kappa shape index (κ1) is 15.1. The fraction of sp³-hybridized carbons (Fsp3) is 0.222. The number of amides is 2. The van der Waals surface area contributed by atoms with Crippen LogP contribution in [0.5, 0.6) is 0 Å². The van der Waals surface area contributed by atoms with E-state index in [0.717, 1.165) is 12.1 Å². The van der Waals surface area contributed by atoms with Gasteiger partial charge in [-0.1, -0.05) is 24.3 Å². The predicted molar refractivity (Wildman–Crippen MR) is 88.9 cm³/mol. The van der Waals surface area contributed by atoms with E-state index in [-0.39, 0.29) is 12.1 Å². The molecule has 1 heterocycles. The molecular weight excluding hydrogens is 292 g/mol. The van der Waals surface area contributed by atoms with Crippen LogP contribution >= 0.6 is 0 Å². The maximum Gasteiger partial charge on any atom is 0.337 e. The first-order chi connectivity index (χ1) is 11.1. The Hall–Kier alpha value is -2.82. The topological polar surface area (TPSA) is 58.6 Å². The molecule has 2 amide bonds. The minimum absolute atomic E-state index is 0.0937. The third-order valence-corrected chi connectivity index (χ3v) is 3.96. The monoisotopic (exact) mass is 310 g/mol. The third-order valence-electron chi connectivity index (χ3n) is 3.96. The van der Waals surface area contributed by atoms with E-state index in [1.807, 2.05) is 31.2 Å². The van der Waals surface area contributed by atoms with Gasteiger partial charge in [0.05, 0.1) is 12.7 Å². The van der Waals surface area contributed by atoms with Gasteiger partial charge in [-0.2, -0.15) is 0 Å². The quantitative estimate of drug-likeness (QED) is 0.864. The highest BCUT2D eigenvalue weighted by Gasteiger charge is 2.30. The number of carbonyl (C=O) groups is 2. The van der Waals surface area contributed by atoms with Crippen LogP contribution in [0.4, 0.5) is 16.2 Å². The number of nitrogens with zero attached hydrogens (tertiary/aromatic N) is 1. The van der Waals surface area contributed by atoms with Gasteiger partial charge in [0.15, 0.2) is 0 Å². The number of para-hydroxylation sites is 1. The van der Waals surface area contributed by atoms with E-state index in [1.54, 1.807) is 29.2 Å². The summed E-state index contributed by atoms with van der Waals surface area (Å²) in [4.78, 5) is 26.0. The Labute approximate surface area is 134 Å². The van der Waals surface area contributed by atoms with Crippen molar-refractivity contribution in [2.45, 2.75) is 19.4 Å². The summed E-state index contributed by atoms with van der Waals surface area (Å²) in [7, 11) is 1.33. The van der Waals surface area contributed by atoms with Crippen LogP contribution < -0.4 is 10.2 Å². The molecule has 0 bridgehead atoms. The Bertz CT molecular complexity index is 757. The van der Waals surface area contributed by atoms with Crippen molar-refractivity contribution < 1.29 is 14.3 Å². The molecule has 2 aromatic rings. The summed E-state index contributed by atoms with van der Waals surface area (Å²) in [6.07, 6.45) is 0.839. The van der Waals surface area contributed by atoms with Gasteiger partial charge in [0.25, 0.3) is 0 Å². The van der Waals surface area contributed by atoms with E-state index in [9.17, 15) is 9.59 Å². The lowest BCUT2D eigenvalue weighted by Gasteiger charge is -2.23. The minimum Gasteiger partial charge on any atom is -0.465 e. The van der Waals surface area contributed by atoms with Crippen LogP contribution in [0, 0.1) is 0 Å². The van der Waals surface area contributed by atoms with Gasteiger partial charge >= 0.3 is 12.0 Å². The van der Waals surface area contributed by atoms with Gasteiger partial charge in [-0.25, -0.2) is 9.59 Å². The zero-order valence-electron chi connectivity index (χ0n) is 13.1. The zero-order valence-corrected chi connectivity index (χ0v) is 13.1.